The Bertz CT molecular complexity index is 4310. The van der Waals surface area contributed by atoms with E-state index < -0.39 is 144 Å². The van der Waals surface area contributed by atoms with Crippen molar-refractivity contribution in [2.24, 2.45) is 0 Å². The second kappa shape index (κ2) is 11.0. The lowest BCUT2D eigenvalue weighted by Crippen LogP contribution is -1.99. The molecule has 3 heterocycles. The van der Waals surface area contributed by atoms with Crippen LogP contribution in [0.3, 0.4) is 0 Å². The van der Waals surface area contributed by atoms with Crippen molar-refractivity contribution in [2.75, 3.05) is 0 Å². The molecule has 0 bridgehead atoms. The fourth-order valence-corrected chi connectivity index (χ4v) is 7.89. The molecular formula is C48H30N2S. The molecule has 0 unspecified atom stereocenters. The predicted molar refractivity (Wildman–Crippen MR) is 219 cm³/mol. The second-order valence-corrected chi connectivity index (χ2v) is 12.7. The first-order valence-electron chi connectivity index (χ1n) is 26.6. The first-order chi connectivity index (χ1) is 34.5. The number of rotatable bonds is 4. The zero-order chi connectivity index (χ0) is 52.6. The van der Waals surface area contributed by atoms with Gasteiger partial charge in [-0.2, -0.15) is 0 Å². The molecule has 0 atom stereocenters. The van der Waals surface area contributed by atoms with Gasteiger partial charge < -0.3 is 9.13 Å². The van der Waals surface area contributed by atoms with Crippen LogP contribution in [0, 0.1) is 0 Å². The van der Waals surface area contributed by atoms with Crippen molar-refractivity contribution < 1.29 is 30.2 Å². The Morgan fingerprint density at radius 2 is 1.10 bits per heavy atom. The molecule has 0 radical (unpaired) electrons. The van der Waals surface area contributed by atoms with Gasteiger partial charge in [-0.05, 0) is 71.2 Å². The van der Waals surface area contributed by atoms with Gasteiger partial charge in [-0.3, -0.25) is 0 Å². The van der Waals surface area contributed by atoms with E-state index in [-0.39, 0.29) is 65.0 Å². The Kier molecular flexibility index (Phi) is 3.13. The average Bonchev–Trinajstić information content (AvgIpc) is 4.06. The van der Waals surface area contributed by atoms with E-state index in [0.717, 1.165) is 11.3 Å². The third-order valence-corrected chi connectivity index (χ3v) is 10.0. The lowest BCUT2D eigenvalue weighted by atomic mass is 9.96. The molecule has 0 saturated heterocycles. The number of hydrogen-bond donors (Lipinski definition) is 0. The number of thiophene rings is 1. The fourth-order valence-electron chi connectivity index (χ4n) is 6.91. The van der Waals surface area contributed by atoms with Crippen LogP contribution in [-0.4, -0.2) is 9.13 Å². The Morgan fingerprint density at radius 1 is 0.431 bits per heavy atom. The molecule has 0 aliphatic carbocycles. The normalized spacial score (nSPS) is 18.0. The summed E-state index contributed by atoms with van der Waals surface area (Å²) in [7, 11) is 0. The minimum atomic E-state index is -0.795. The van der Waals surface area contributed by atoms with E-state index in [1.54, 1.807) is 47.0 Å². The molecule has 3 aromatic heterocycles. The van der Waals surface area contributed by atoms with Gasteiger partial charge in [0.05, 0.1) is 57.9 Å². The lowest BCUT2D eigenvalue weighted by molar-refractivity contribution is 1.17. The van der Waals surface area contributed by atoms with Gasteiger partial charge in [-0.1, -0.05) is 127 Å². The fraction of sp³-hybridized carbons (Fsp3) is 0. The standard InChI is InChI=1S/C48H30N2S/c1-2-13-31(14-3-1)32-15-12-16-33(29-32)35-26-28-46-47(39-20-7-11-24-45(39)51-46)48(35)50-43-23-10-6-19-38(43)40-30-34(25-27-44(40)50)49-41-21-8-4-17-36(41)37-18-5-9-22-42(37)49/h1-30H/i1D,2D,3D,4D,5D,7D,8D,9D,11D,12D,13D,14D,15D,16D,17D,18D,20D,21D,22D,24D,28D,29D. The molecule has 0 aliphatic heterocycles. The molecule has 0 spiro atoms. The number of benzene rings is 8. The highest BCUT2D eigenvalue weighted by molar-refractivity contribution is 7.25. The Hall–Kier alpha value is -6.42. The summed E-state index contributed by atoms with van der Waals surface area (Å²) in [6, 6.07) is -0.749. The first-order valence-corrected chi connectivity index (χ1v) is 16.5. The summed E-state index contributed by atoms with van der Waals surface area (Å²) in [6.07, 6.45) is 0. The maximum Gasteiger partial charge on any atom is 0.0645 e. The van der Waals surface area contributed by atoms with Gasteiger partial charge >= 0.3 is 0 Å². The van der Waals surface area contributed by atoms with Gasteiger partial charge in [0.1, 0.15) is 0 Å². The van der Waals surface area contributed by atoms with Crippen LogP contribution in [0.2, 0.25) is 0 Å². The summed E-state index contributed by atoms with van der Waals surface area (Å²) >= 11 is 0.904. The summed E-state index contributed by atoms with van der Waals surface area (Å²) < 4.78 is 199. The summed E-state index contributed by atoms with van der Waals surface area (Å²) in [5.41, 5.74) is -0.997. The summed E-state index contributed by atoms with van der Waals surface area (Å²) in [6.45, 7) is 0. The molecule has 8 aromatic carbocycles. The van der Waals surface area contributed by atoms with Crippen molar-refractivity contribution in [1.29, 1.82) is 0 Å². The minimum absolute atomic E-state index is 0.0282. The van der Waals surface area contributed by atoms with E-state index in [2.05, 4.69) is 0 Å². The zero-order valence-electron chi connectivity index (χ0n) is 47.9. The molecule has 3 heteroatoms. The minimum Gasteiger partial charge on any atom is -0.309 e. The molecule has 0 fully saturated rings. The van der Waals surface area contributed by atoms with Gasteiger partial charge in [0.15, 0.2) is 0 Å². The summed E-state index contributed by atoms with van der Waals surface area (Å²) in [4.78, 5) is 0. The van der Waals surface area contributed by atoms with Crippen molar-refractivity contribution in [3.8, 4) is 33.6 Å². The number of nitrogens with zero attached hydrogens (tertiary/aromatic N) is 2. The number of aromatic nitrogens is 2. The van der Waals surface area contributed by atoms with E-state index in [9.17, 15) is 5.48 Å². The van der Waals surface area contributed by atoms with Crippen LogP contribution in [0.4, 0.5) is 0 Å². The molecule has 0 saturated carbocycles. The van der Waals surface area contributed by atoms with E-state index in [1.165, 1.54) is 10.6 Å². The van der Waals surface area contributed by atoms with Crippen LogP contribution in [0.5, 0.6) is 0 Å². The molecular weight excluding hydrogens is 637 g/mol. The lowest BCUT2D eigenvalue weighted by Gasteiger charge is -2.17. The third kappa shape index (κ3) is 4.22. The van der Waals surface area contributed by atoms with Gasteiger partial charge in [-0.15, -0.1) is 11.3 Å². The Labute approximate surface area is 329 Å². The monoisotopic (exact) mass is 688 g/mol. The SMILES string of the molecule is [2H]c1c([2H])c([2H])c(-c2c([2H])c([2H])c([2H])c(-c3cc([2H])c4sc5c([2H])c([2H])c([2H])c([2H])c5c4c3-n3c4ccccc4c4cc(-n5c6c([2H])c([2H])c([2H])c([2H])c6c6c([2H])c([2H])c([2H])c([2H])c65)ccc43)c2[2H])c([2H])c1[2H]. The van der Waals surface area contributed by atoms with E-state index in [1.807, 2.05) is 0 Å². The van der Waals surface area contributed by atoms with E-state index in [4.69, 9.17) is 24.7 Å². The van der Waals surface area contributed by atoms with Crippen LogP contribution in [0.1, 0.15) is 30.2 Å². The summed E-state index contributed by atoms with van der Waals surface area (Å²) in [5, 5.41) is 0.679. The number of hydrogen-bond acceptors (Lipinski definition) is 1. The van der Waals surface area contributed by atoms with Crippen LogP contribution < -0.4 is 0 Å². The highest BCUT2D eigenvalue weighted by atomic mass is 32.1. The van der Waals surface area contributed by atoms with Crippen LogP contribution in [-0.2, 0) is 0 Å². The summed E-state index contributed by atoms with van der Waals surface area (Å²) in [5.74, 6) is 0. The quantitative estimate of drug-likeness (QED) is 0.174. The maximum atomic E-state index is 9.78. The van der Waals surface area contributed by atoms with Crippen molar-refractivity contribution in [3.05, 3.63) is 181 Å². The van der Waals surface area contributed by atoms with Crippen LogP contribution in [0.25, 0.3) is 97.4 Å². The van der Waals surface area contributed by atoms with E-state index >= 15 is 0 Å². The Morgan fingerprint density at radius 3 is 1.92 bits per heavy atom. The molecule has 238 valence electrons. The average molecular weight is 689 g/mol. The third-order valence-electron chi connectivity index (χ3n) is 8.99. The number of para-hydroxylation sites is 3. The van der Waals surface area contributed by atoms with Gasteiger partial charge in [0.25, 0.3) is 0 Å². The molecule has 11 aromatic rings. The second-order valence-electron chi connectivity index (χ2n) is 11.6. The molecule has 0 N–H and O–H groups in total. The predicted octanol–water partition coefficient (Wildman–Crippen LogP) is 13.6. The molecule has 2 nitrogen and oxygen atoms in total. The maximum absolute atomic E-state index is 9.78. The van der Waals surface area contributed by atoms with Gasteiger partial charge in [0.2, 0.25) is 0 Å². The molecule has 0 amide bonds. The van der Waals surface area contributed by atoms with Crippen LogP contribution >= 0.6 is 11.3 Å². The van der Waals surface area contributed by atoms with E-state index in [0.29, 0.717) is 21.8 Å². The zero-order valence-corrected chi connectivity index (χ0v) is 26.7. The van der Waals surface area contributed by atoms with Crippen molar-refractivity contribution >= 4 is 75.1 Å². The molecule has 51 heavy (non-hydrogen) atoms. The molecule has 0 aliphatic rings. The number of fused-ring (bicyclic) bond motifs is 9. The van der Waals surface area contributed by atoms with Crippen LogP contribution in [0.15, 0.2) is 181 Å². The highest BCUT2D eigenvalue weighted by Gasteiger charge is 2.22. The molecule has 11 rings (SSSR count). The van der Waals surface area contributed by atoms with Gasteiger partial charge in [-0.25, -0.2) is 0 Å². The Balaban J connectivity index is 1.34. The van der Waals surface area contributed by atoms with Crippen molar-refractivity contribution in [2.45, 2.75) is 0 Å². The first kappa shape index (κ1) is 14.4. The largest absolute Gasteiger partial charge is 0.309 e. The van der Waals surface area contributed by atoms with Gasteiger partial charge in [0, 0.05) is 53.0 Å². The highest BCUT2D eigenvalue weighted by Crippen LogP contribution is 2.46. The smallest absolute Gasteiger partial charge is 0.0645 e. The van der Waals surface area contributed by atoms with Crippen molar-refractivity contribution in [1.82, 2.24) is 9.13 Å². The topological polar surface area (TPSA) is 9.86 Å². The van der Waals surface area contributed by atoms with Crippen molar-refractivity contribution in [3.63, 3.8) is 0 Å².